The molecule has 1 N–H and O–H groups in total. The molecule has 2 unspecified atom stereocenters. The van der Waals surface area contributed by atoms with E-state index in [1.54, 1.807) is 23.4 Å². The van der Waals surface area contributed by atoms with Crippen molar-refractivity contribution in [3.63, 3.8) is 0 Å². The van der Waals surface area contributed by atoms with Gasteiger partial charge in [0, 0.05) is 37.1 Å². The molecule has 0 amide bonds. The summed E-state index contributed by atoms with van der Waals surface area (Å²) in [5, 5.41) is 3.48. The normalized spacial score (nSPS) is 15.1. The quantitative estimate of drug-likeness (QED) is 0.504. The van der Waals surface area contributed by atoms with E-state index in [2.05, 4.69) is 39.3 Å². The molecule has 8 nitrogen and oxygen atoms in total. The van der Waals surface area contributed by atoms with E-state index in [1.165, 1.54) is 5.56 Å². The van der Waals surface area contributed by atoms with E-state index in [0.717, 1.165) is 23.6 Å². The summed E-state index contributed by atoms with van der Waals surface area (Å²) in [4.78, 5) is 13.2. The number of hydrogen-bond donors (Lipinski definition) is 1. The van der Waals surface area contributed by atoms with E-state index in [9.17, 15) is 0 Å². The lowest BCUT2D eigenvalue weighted by atomic mass is 10.1. The van der Waals surface area contributed by atoms with Crippen molar-refractivity contribution in [2.45, 2.75) is 32.4 Å². The lowest BCUT2D eigenvalue weighted by molar-refractivity contribution is 0.0149. The van der Waals surface area contributed by atoms with E-state index in [1.807, 2.05) is 37.4 Å². The number of hydrogen-bond acceptors (Lipinski definition) is 7. The van der Waals surface area contributed by atoms with Crippen molar-refractivity contribution >= 4 is 0 Å². The number of aromatic nitrogens is 4. The molecule has 2 atom stereocenters. The molecule has 0 fully saturated rings. The predicted octanol–water partition coefficient (Wildman–Crippen LogP) is 3.09. The van der Waals surface area contributed by atoms with Gasteiger partial charge in [-0.05, 0) is 25.5 Å². The van der Waals surface area contributed by atoms with E-state index >= 15 is 0 Å². The molecule has 1 aliphatic rings. The second-order valence-electron chi connectivity index (χ2n) is 7.38. The first-order valence-corrected chi connectivity index (χ1v) is 10.4. The minimum Gasteiger partial charge on any atom is -0.462 e. The fourth-order valence-electron chi connectivity index (χ4n) is 3.36. The van der Waals surface area contributed by atoms with Crippen molar-refractivity contribution in [2.24, 2.45) is 0 Å². The van der Waals surface area contributed by atoms with Gasteiger partial charge in [-0.2, -0.15) is 0 Å². The number of nitrogens with zero attached hydrogens (tertiary/aromatic N) is 4. The summed E-state index contributed by atoms with van der Waals surface area (Å²) in [5.74, 6) is 1.35. The summed E-state index contributed by atoms with van der Waals surface area (Å²) in [6.45, 7) is 5.49. The Morgan fingerprint density at radius 1 is 1.23 bits per heavy atom. The van der Waals surface area contributed by atoms with Gasteiger partial charge in [-0.1, -0.05) is 30.3 Å². The Balaban J connectivity index is 1.32. The molecule has 31 heavy (non-hydrogen) atoms. The van der Waals surface area contributed by atoms with Gasteiger partial charge in [0.25, 0.3) is 0 Å². The van der Waals surface area contributed by atoms with E-state index in [0.29, 0.717) is 19.1 Å². The maximum Gasteiger partial charge on any atom is 0.235 e. The minimum atomic E-state index is -0.184. The summed E-state index contributed by atoms with van der Waals surface area (Å²) in [6.07, 6.45) is 7.43. The number of imidazole rings is 1. The van der Waals surface area contributed by atoms with Gasteiger partial charge in [0.1, 0.15) is 18.7 Å². The van der Waals surface area contributed by atoms with Gasteiger partial charge in [0.05, 0.1) is 12.3 Å². The highest BCUT2D eigenvalue weighted by Gasteiger charge is 2.21. The zero-order valence-electron chi connectivity index (χ0n) is 17.8. The second-order valence-corrected chi connectivity index (χ2v) is 7.38. The van der Waals surface area contributed by atoms with Gasteiger partial charge in [0.15, 0.2) is 5.76 Å². The molecule has 0 radical (unpaired) electrons. The van der Waals surface area contributed by atoms with Crippen molar-refractivity contribution in [1.82, 2.24) is 24.8 Å². The average Bonchev–Trinajstić information content (AvgIpc) is 3.50. The number of aryl methyl sites for hydroxylation is 1. The van der Waals surface area contributed by atoms with Crippen molar-refractivity contribution < 1.29 is 14.2 Å². The van der Waals surface area contributed by atoms with Gasteiger partial charge in [0.2, 0.25) is 12.7 Å². The highest BCUT2D eigenvalue weighted by atomic mass is 16.7. The third-order valence-electron chi connectivity index (χ3n) is 4.99. The molecule has 1 aliphatic heterocycles. The summed E-state index contributed by atoms with van der Waals surface area (Å²) in [5.41, 5.74) is 3.02. The number of ether oxygens (including phenoxy) is 3. The first kappa shape index (κ1) is 21.0. The Kier molecular flexibility index (Phi) is 6.91. The van der Waals surface area contributed by atoms with Gasteiger partial charge in [-0.3, -0.25) is 4.57 Å². The number of rotatable bonds is 10. The van der Waals surface area contributed by atoms with E-state index in [-0.39, 0.29) is 18.9 Å². The van der Waals surface area contributed by atoms with Crippen LogP contribution in [0, 0.1) is 6.92 Å². The molecule has 8 heteroatoms. The highest BCUT2D eigenvalue weighted by molar-refractivity contribution is 5.21. The van der Waals surface area contributed by atoms with E-state index < -0.39 is 0 Å². The van der Waals surface area contributed by atoms with Crippen LogP contribution in [0.25, 0.3) is 5.95 Å². The third kappa shape index (κ3) is 5.68. The van der Waals surface area contributed by atoms with Crippen molar-refractivity contribution in [2.75, 3.05) is 19.9 Å². The van der Waals surface area contributed by atoms with Crippen LogP contribution in [0.3, 0.4) is 0 Å². The third-order valence-corrected chi connectivity index (χ3v) is 4.99. The van der Waals surface area contributed by atoms with Crippen LogP contribution in [0.5, 0.6) is 0 Å². The highest BCUT2D eigenvalue weighted by Crippen LogP contribution is 2.19. The number of benzene rings is 1. The molecule has 0 aliphatic carbocycles. The molecule has 0 saturated carbocycles. The molecule has 1 aromatic carbocycles. The standard InChI is InChI=1S/C23H27N5O3/c1-17-12-20(27-23(26-17)28-10-8-24-15-28)18(2)25-9-11-30-21(22-14-29-16-31-22)13-19-6-4-3-5-7-19/h3-8,10,12,14-15,18,21,25H,9,11,13,16H2,1-2H3. The van der Waals surface area contributed by atoms with Crippen LogP contribution in [-0.4, -0.2) is 45.6 Å². The molecule has 3 aromatic rings. The Hall–Kier alpha value is -3.23. The van der Waals surface area contributed by atoms with Crippen LogP contribution in [0.15, 0.2) is 67.1 Å². The lowest BCUT2D eigenvalue weighted by Gasteiger charge is -2.19. The molecule has 0 spiro atoms. The molecule has 0 saturated heterocycles. The summed E-state index contributed by atoms with van der Waals surface area (Å²) >= 11 is 0. The Bertz CT molecular complexity index is 992. The van der Waals surface area contributed by atoms with Gasteiger partial charge < -0.3 is 19.5 Å². The zero-order valence-corrected chi connectivity index (χ0v) is 17.8. The fraction of sp³-hybridized carbons (Fsp3) is 0.348. The molecule has 4 rings (SSSR count). The summed E-state index contributed by atoms with van der Waals surface area (Å²) in [6, 6.07) is 12.3. The van der Waals surface area contributed by atoms with Crippen LogP contribution in [-0.2, 0) is 20.6 Å². The molecule has 162 valence electrons. The number of nitrogens with one attached hydrogen (secondary N) is 1. The first-order valence-electron chi connectivity index (χ1n) is 10.4. The van der Waals surface area contributed by atoms with Gasteiger partial charge >= 0.3 is 0 Å². The maximum atomic E-state index is 6.14. The zero-order chi connectivity index (χ0) is 21.5. The lowest BCUT2D eigenvalue weighted by Crippen LogP contribution is -2.28. The smallest absolute Gasteiger partial charge is 0.235 e. The second kappa shape index (κ2) is 10.2. The van der Waals surface area contributed by atoms with Gasteiger partial charge in [-0.25, -0.2) is 15.0 Å². The summed E-state index contributed by atoms with van der Waals surface area (Å²) < 4.78 is 18.7. The molecule has 0 bridgehead atoms. The minimum absolute atomic E-state index is 0.0467. The van der Waals surface area contributed by atoms with Crippen LogP contribution < -0.4 is 5.32 Å². The SMILES string of the molecule is Cc1cc(C(C)NCCOC(Cc2ccccc2)C2=COCO2)nc(-n2ccnc2)n1. The largest absolute Gasteiger partial charge is 0.462 e. The fourth-order valence-corrected chi connectivity index (χ4v) is 3.36. The maximum absolute atomic E-state index is 6.14. The predicted molar refractivity (Wildman–Crippen MR) is 115 cm³/mol. The molecular weight excluding hydrogens is 394 g/mol. The van der Waals surface area contributed by atoms with Gasteiger partial charge in [-0.15, -0.1) is 0 Å². The molecule has 2 aromatic heterocycles. The average molecular weight is 422 g/mol. The molecule has 3 heterocycles. The topological polar surface area (TPSA) is 83.3 Å². The first-order chi connectivity index (χ1) is 15.2. The van der Waals surface area contributed by atoms with E-state index in [4.69, 9.17) is 14.2 Å². The van der Waals surface area contributed by atoms with Crippen molar-refractivity contribution in [1.29, 1.82) is 0 Å². The summed E-state index contributed by atoms with van der Waals surface area (Å²) in [7, 11) is 0. The monoisotopic (exact) mass is 421 g/mol. The Morgan fingerprint density at radius 3 is 2.84 bits per heavy atom. The molecular formula is C23H27N5O3. The van der Waals surface area contributed by atoms with Crippen LogP contribution in [0.1, 0.15) is 29.9 Å². The van der Waals surface area contributed by atoms with Crippen LogP contribution >= 0.6 is 0 Å². The van der Waals surface area contributed by atoms with Crippen molar-refractivity contribution in [3.05, 3.63) is 84.1 Å². The van der Waals surface area contributed by atoms with Crippen molar-refractivity contribution in [3.8, 4) is 5.95 Å². The Labute approximate surface area is 181 Å². The van der Waals surface area contributed by atoms with Crippen LogP contribution in [0.2, 0.25) is 0 Å². The van der Waals surface area contributed by atoms with Crippen LogP contribution in [0.4, 0.5) is 0 Å². The Morgan fingerprint density at radius 2 is 2.10 bits per heavy atom.